The molecule has 1 amide bonds. The monoisotopic (exact) mass is 365 g/mol. The van der Waals surface area contributed by atoms with Gasteiger partial charge in [-0.2, -0.15) is 5.10 Å². The first-order chi connectivity index (χ1) is 10.4. The van der Waals surface area contributed by atoms with Crippen LogP contribution in [0.2, 0.25) is 0 Å². The highest BCUT2D eigenvalue weighted by atomic mass is 79.9. The summed E-state index contributed by atoms with van der Waals surface area (Å²) in [4.78, 5) is 11.8. The van der Waals surface area contributed by atoms with Crippen LogP contribution in [0.25, 0.3) is 10.9 Å². The molecular formula is C16H20BrN3O2. The SMILES string of the molecule is CC(C)(C)OC(=O)Nc1ccc2c(cnn2C/C=C/CBr)c1. The van der Waals surface area contributed by atoms with Gasteiger partial charge in [-0.3, -0.25) is 10.00 Å². The van der Waals surface area contributed by atoms with Crippen LogP contribution in [0.4, 0.5) is 10.5 Å². The Kier molecular flexibility index (Phi) is 5.24. The molecular weight excluding hydrogens is 346 g/mol. The average Bonchev–Trinajstić information content (AvgIpc) is 2.79. The number of carbonyl (C=O) groups excluding carboxylic acids is 1. The van der Waals surface area contributed by atoms with Crippen LogP contribution in [-0.2, 0) is 11.3 Å². The maximum Gasteiger partial charge on any atom is 0.412 e. The standard InChI is InChI=1S/C16H20BrN3O2/c1-16(2,3)22-15(21)19-13-6-7-14-12(10-13)11-18-20(14)9-5-4-8-17/h4-7,10-11H,8-9H2,1-3H3,(H,19,21)/b5-4+. The summed E-state index contributed by atoms with van der Waals surface area (Å²) >= 11 is 3.35. The van der Waals surface area contributed by atoms with Crippen molar-refractivity contribution in [3.63, 3.8) is 0 Å². The Morgan fingerprint density at radius 2 is 2.18 bits per heavy atom. The third kappa shape index (κ3) is 4.59. The van der Waals surface area contributed by atoms with Gasteiger partial charge in [-0.05, 0) is 39.0 Å². The largest absolute Gasteiger partial charge is 0.444 e. The minimum Gasteiger partial charge on any atom is -0.444 e. The number of hydrogen-bond acceptors (Lipinski definition) is 3. The number of alkyl halides is 1. The predicted molar refractivity (Wildman–Crippen MR) is 92.5 cm³/mol. The van der Waals surface area contributed by atoms with Crippen molar-refractivity contribution in [1.82, 2.24) is 9.78 Å². The second kappa shape index (κ2) is 6.96. The zero-order chi connectivity index (χ0) is 16.2. The zero-order valence-electron chi connectivity index (χ0n) is 13.0. The molecule has 5 nitrogen and oxygen atoms in total. The van der Waals surface area contributed by atoms with Crippen molar-refractivity contribution in [2.24, 2.45) is 0 Å². The highest BCUT2D eigenvalue weighted by Gasteiger charge is 2.16. The van der Waals surface area contributed by atoms with Crippen molar-refractivity contribution >= 4 is 38.6 Å². The molecule has 118 valence electrons. The Balaban J connectivity index is 2.11. The van der Waals surface area contributed by atoms with Crippen LogP contribution in [0.5, 0.6) is 0 Å². The van der Waals surface area contributed by atoms with Crippen molar-refractivity contribution in [2.75, 3.05) is 10.6 Å². The van der Waals surface area contributed by atoms with Crippen molar-refractivity contribution in [3.8, 4) is 0 Å². The summed E-state index contributed by atoms with van der Waals surface area (Å²) in [5, 5.41) is 8.89. The lowest BCUT2D eigenvalue weighted by Gasteiger charge is -2.19. The fraction of sp³-hybridized carbons (Fsp3) is 0.375. The smallest absolute Gasteiger partial charge is 0.412 e. The lowest BCUT2D eigenvalue weighted by atomic mass is 10.2. The van der Waals surface area contributed by atoms with Crippen molar-refractivity contribution in [2.45, 2.75) is 32.9 Å². The van der Waals surface area contributed by atoms with E-state index in [1.54, 1.807) is 6.20 Å². The molecule has 1 aromatic carbocycles. The van der Waals surface area contributed by atoms with E-state index in [1.807, 2.05) is 55.8 Å². The van der Waals surface area contributed by atoms with Crippen molar-refractivity contribution < 1.29 is 9.53 Å². The number of allylic oxidation sites excluding steroid dienone is 2. The third-order valence-electron chi connectivity index (χ3n) is 2.82. The number of halogens is 1. The van der Waals surface area contributed by atoms with E-state index in [9.17, 15) is 4.79 Å². The molecule has 2 rings (SSSR count). The van der Waals surface area contributed by atoms with E-state index < -0.39 is 11.7 Å². The van der Waals surface area contributed by atoms with Crippen LogP contribution in [0, 0.1) is 0 Å². The fourth-order valence-corrected chi connectivity index (χ4v) is 2.23. The van der Waals surface area contributed by atoms with E-state index in [-0.39, 0.29) is 0 Å². The lowest BCUT2D eigenvalue weighted by molar-refractivity contribution is 0.0636. The van der Waals surface area contributed by atoms with Gasteiger partial charge in [0.2, 0.25) is 0 Å². The summed E-state index contributed by atoms with van der Waals surface area (Å²) in [5.74, 6) is 0. The highest BCUT2D eigenvalue weighted by molar-refractivity contribution is 9.09. The number of anilines is 1. The molecule has 2 aromatic rings. The minimum absolute atomic E-state index is 0.459. The number of carbonyl (C=O) groups is 1. The Bertz CT molecular complexity index is 686. The van der Waals surface area contributed by atoms with Crippen molar-refractivity contribution in [3.05, 3.63) is 36.5 Å². The molecule has 0 saturated heterocycles. The summed E-state index contributed by atoms with van der Waals surface area (Å²) < 4.78 is 7.15. The van der Waals surface area contributed by atoms with Crippen LogP contribution >= 0.6 is 15.9 Å². The summed E-state index contributed by atoms with van der Waals surface area (Å²) in [5.41, 5.74) is 1.20. The minimum atomic E-state index is -0.513. The van der Waals surface area contributed by atoms with E-state index in [0.29, 0.717) is 12.2 Å². The molecule has 0 spiro atoms. The summed E-state index contributed by atoms with van der Waals surface area (Å²) in [6.07, 6.45) is 5.41. The molecule has 1 N–H and O–H groups in total. The average molecular weight is 366 g/mol. The number of nitrogens with zero attached hydrogens (tertiary/aromatic N) is 2. The van der Waals surface area contributed by atoms with Crippen LogP contribution in [-0.4, -0.2) is 26.8 Å². The second-order valence-electron chi connectivity index (χ2n) is 5.85. The molecule has 0 unspecified atom stereocenters. The second-order valence-corrected chi connectivity index (χ2v) is 6.50. The van der Waals surface area contributed by atoms with Gasteiger partial charge in [-0.1, -0.05) is 28.1 Å². The van der Waals surface area contributed by atoms with Gasteiger partial charge in [0, 0.05) is 16.4 Å². The molecule has 22 heavy (non-hydrogen) atoms. The summed E-state index contributed by atoms with van der Waals surface area (Å²) in [6, 6.07) is 5.67. The summed E-state index contributed by atoms with van der Waals surface area (Å²) in [7, 11) is 0. The molecule has 0 aliphatic heterocycles. The molecule has 0 atom stereocenters. The number of fused-ring (bicyclic) bond motifs is 1. The number of benzene rings is 1. The van der Waals surface area contributed by atoms with Gasteiger partial charge < -0.3 is 4.74 Å². The zero-order valence-corrected chi connectivity index (χ0v) is 14.6. The first-order valence-corrected chi connectivity index (χ1v) is 8.18. The van der Waals surface area contributed by atoms with Gasteiger partial charge in [0.05, 0.1) is 18.3 Å². The maximum absolute atomic E-state index is 11.8. The van der Waals surface area contributed by atoms with Gasteiger partial charge in [0.1, 0.15) is 5.60 Å². The highest BCUT2D eigenvalue weighted by Crippen LogP contribution is 2.20. The lowest BCUT2D eigenvalue weighted by Crippen LogP contribution is -2.27. The number of aromatic nitrogens is 2. The van der Waals surface area contributed by atoms with Crippen LogP contribution in [0.15, 0.2) is 36.5 Å². The van der Waals surface area contributed by atoms with E-state index >= 15 is 0 Å². The molecule has 0 fully saturated rings. The number of amides is 1. The van der Waals surface area contributed by atoms with E-state index in [0.717, 1.165) is 16.2 Å². The normalized spacial score (nSPS) is 12.0. The molecule has 6 heteroatoms. The third-order valence-corrected chi connectivity index (χ3v) is 3.20. The summed E-state index contributed by atoms with van der Waals surface area (Å²) in [6.45, 7) is 6.22. The van der Waals surface area contributed by atoms with Crippen LogP contribution in [0.1, 0.15) is 20.8 Å². The molecule has 0 aliphatic rings. The van der Waals surface area contributed by atoms with Gasteiger partial charge in [0.25, 0.3) is 0 Å². The number of ether oxygens (including phenoxy) is 1. The van der Waals surface area contributed by atoms with E-state index in [4.69, 9.17) is 4.74 Å². The maximum atomic E-state index is 11.8. The van der Waals surface area contributed by atoms with Gasteiger partial charge >= 0.3 is 6.09 Å². The number of rotatable bonds is 4. The topological polar surface area (TPSA) is 56.1 Å². The molecule has 0 saturated carbocycles. The Hall–Kier alpha value is -1.82. The van der Waals surface area contributed by atoms with Gasteiger partial charge in [0.15, 0.2) is 0 Å². The van der Waals surface area contributed by atoms with Gasteiger partial charge in [-0.25, -0.2) is 4.79 Å². The van der Waals surface area contributed by atoms with Crippen molar-refractivity contribution in [1.29, 1.82) is 0 Å². The van der Waals surface area contributed by atoms with E-state index in [2.05, 4.69) is 26.3 Å². The fourth-order valence-electron chi connectivity index (χ4n) is 1.97. The molecule has 0 radical (unpaired) electrons. The van der Waals surface area contributed by atoms with Crippen LogP contribution < -0.4 is 5.32 Å². The first-order valence-electron chi connectivity index (χ1n) is 7.05. The molecule has 0 bridgehead atoms. The molecule has 1 heterocycles. The number of nitrogens with one attached hydrogen (secondary N) is 1. The number of hydrogen-bond donors (Lipinski definition) is 1. The Labute approximate surface area is 138 Å². The molecule has 1 aromatic heterocycles. The first kappa shape index (κ1) is 16.5. The van der Waals surface area contributed by atoms with Crippen LogP contribution in [0.3, 0.4) is 0 Å². The Morgan fingerprint density at radius 1 is 1.41 bits per heavy atom. The predicted octanol–water partition coefficient (Wildman–Crippen LogP) is 4.33. The Morgan fingerprint density at radius 3 is 2.86 bits per heavy atom. The molecule has 0 aliphatic carbocycles. The van der Waals surface area contributed by atoms with E-state index in [1.165, 1.54) is 0 Å². The quantitative estimate of drug-likeness (QED) is 0.647. The van der Waals surface area contributed by atoms with Gasteiger partial charge in [-0.15, -0.1) is 0 Å².